The van der Waals surface area contributed by atoms with E-state index in [0.717, 1.165) is 43.4 Å². The van der Waals surface area contributed by atoms with E-state index in [1.54, 1.807) is 17.9 Å². The van der Waals surface area contributed by atoms with E-state index in [2.05, 4.69) is 19.9 Å². The molecule has 2 aromatic heterocycles. The number of piperidine rings is 1. The lowest BCUT2D eigenvalue weighted by atomic mass is 10.0. The predicted molar refractivity (Wildman–Crippen MR) is 126 cm³/mol. The minimum absolute atomic E-state index is 0.00849. The number of amides is 1. The summed E-state index contributed by atoms with van der Waals surface area (Å²) in [5.74, 6) is 1.76. The molecule has 184 valence electrons. The van der Waals surface area contributed by atoms with Crippen LogP contribution in [-0.4, -0.2) is 71.9 Å². The molecule has 0 spiro atoms. The largest absolute Gasteiger partial charge is 0.444 e. The van der Waals surface area contributed by atoms with Gasteiger partial charge in [-0.05, 0) is 59.1 Å². The molecule has 10 nitrogen and oxygen atoms in total. The van der Waals surface area contributed by atoms with Crippen LogP contribution in [0.5, 0.6) is 11.6 Å². The molecule has 2 aliphatic heterocycles. The second kappa shape index (κ2) is 9.01. The lowest BCUT2D eigenvalue weighted by molar-refractivity contribution is 0.0205. The quantitative estimate of drug-likeness (QED) is 0.639. The number of pyridine rings is 1. The SMILES string of the molecule is Cc1nc(S(C)(=O)=O)ccc1Oc1ncnc2c1CCN2C1CCN(C(=O)OC(C)(C)C)CC1. The summed E-state index contributed by atoms with van der Waals surface area (Å²) in [4.78, 5) is 29.4. The molecule has 0 atom stereocenters. The minimum atomic E-state index is -3.39. The van der Waals surface area contributed by atoms with Crippen molar-refractivity contribution in [1.29, 1.82) is 0 Å². The molecule has 4 rings (SSSR count). The van der Waals surface area contributed by atoms with Crippen LogP contribution >= 0.6 is 0 Å². The van der Waals surface area contributed by atoms with Gasteiger partial charge >= 0.3 is 6.09 Å². The number of likely N-dealkylation sites (tertiary alicyclic amines) is 1. The lowest BCUT2D eigenvalue weighted by Crippen LogP contribution is -2.47. The highest BCUT2D eigenvalue weighted by Gasteiger charge is 2.34. The Balaban J connectivity index is 1.46. The topological polar surface area (TPSA) is 115 Å². The Morgan fingerprint density at radius 2 is 1.82 bits per heavy atom. The van der Waals surface area contributed by atoms with Crippen LogP contribution in [0.2, 0.25) is 0 Å². The highest BCUT2D eigenvalue weighted by molar-refractivity contribution is 7.90. The first-order chi connectivity index (χ1) is 15.9. The van der Waals surface area contributed by atoms with Crippen molar-refractivity contribution in [2.45, 2.75) is 63.6 Å². The van der Waals surface area contributed by atoms with E-state index >= 15 is 0 Å². The van der Waals surface area contributed by atoms with Crippen LogP contribution in [0, 0.1) is 6.92 Å². The van der Waals surface area contributed by atoms with Gasteiger partial charge in [0.05, 0.1) is 11.3 Å². The van der Waals surface area contributed by atoms with E-state index in [1.165, 1.54) is 12.4 Å². The maximum Gasteiger partial charge on any atom is 0.410 e. The van der Waals surface area contributed by atoms with Crippen LogP contribution in [0.15, 0.2) is 23.5 Å². The number of ether oxygens (including phenoxy) is 2. The summed E-state index contributed by atoms with van der Waals surface area (Å²) in [6.45, 7) is 9.39. The van der Waals surface area contributed by atoms with Gasteiger partial charge in [0.15, 0.2) is 20.6 Å². The van der Waals surface area contributed by atoms with E-state index in [4.69, 9.17) is 9.47 Å². The molecule has 0 radical (unpaired) electrons. The number of carbonyl (C=O) groups is 1. The molecule has 0 bridgehead atoms. The van der Waals surface area contributed by atoms with E-state index in [-0.39, 0.29) is 17.2 Å². The smallest absolute Gasteiger partial charge is 0.410 e. The van der Waals surface area contributed by atoms with Crippen molar-refractivity contribution in [2.24, 2.45) is 0 Å². The van der Waals surface area contributed by atoms with Gasteiger partial charge in [-0.2, -0.15) is 0 Å². The summed E-state index contributed by atoms with van der Waals surface area (Å²) in [5.41, 5.74) is 0.886. The standard InChI is InChI=1S/C23H31N5O5S/c1-15-18(6-7-19(26-15)34(5,30)31)32-21-17-10-13-28(20(17)24-14-25-21)16-8-11-27(12-9-16)22(29)33-23(2,3)4/h6-7,14,16H,8-13H2,1-5H3. The molecule has 4 heterocycles. The number of aryl methyl sites for hydroxylation is 1. The zero-order valence-electron chi connectivity index (χ0n) is 20.2. The second-order valence-corrected chi connectivity index (χ2v) is 11.7. The molecule has 0 aliphatic carbocycles. The average Bonchev–Trinajstić information content (AvgIpc) is 3.18. The maximum absolute atomic E-state index is 12.4. The minimum Gasteiger partial charge on any atom is -0.444 e. The summed E-state index contributed by atoms with van der Waals surface area (Å²) in [6.07, 6.45) is 4.74. The van der Waals surface area contributed by atoms with Crippen LogP contribution in [0.3, 0.4) is 0 Å². The number of hydrogen-bond donors (Lipinski definition) is 0. The third kappa shape index (κ3) is 5.24. The third-order valence-electron chi connectivity index (χ3n) is 5.91. The van der Waals surface area contributed by atoms with Gasteiger partial charge < -0.3 is 19.3 Å². The van der Waals surface area contributed by atoms with Gasteiger partial charge in [-0.15, -0.1) is 0 Å². The van der Waals surface area contributed by atoms with Crippen molar-refractivity contribution in [1.82, 2.24) is 19.9 Å². The first kappa shape index (κ1) is 24.2. The first-order valence-electron chi connectivity index (χ1n) is 11.4. The molecule has 2 aliphatic rings. The van der Waals surface area contributed by atoms with Crippen LogP contribution in [0.4, 0.5) is 10.6 Å². The number of fused-ring (bicyclic) bond motifs is 1. The number of sulfone groups is 1. The predicted octanol–water partition coefficient (Wildman–Crippen LogP) is 3.14. The molecule has 2 aromatic rings. The maximum atomic E-state index is 12.4. The zero-order chi connectivity index (χ0) is 24.7. The van der Waals surface area contributed by atoms with Crippen molar-refractivity contribution in [3.05, 3.63) is 29.7 Å². The molecule has 0 saturated carbocycles. The van der Waals surface area contributed by atoms with E-state index in [0.29, 0.717) is 30.4 Å². The van der Waals surface area contributed by atoms with Crippen molar-refractivity contribution in [3.63, 3.8) is 0 Å². The normalized spacial score (nSPS) is 17.0. The van der Waals surface area contributed by atoms with Crippen molar-refractivity contribution < 1.29 is 22.7 Å². The first-order valence-corrected chi connectivity index (χ1v) is 13.3. The number of nitrogens with zero attached hydrogens (tertiary/aromatic N) is 5. The highest BCUT2D eigenvalue weighted by Crippen LogP contribution is 2.37. The average molecular weight is 490 g/mol. The lowest BCUT2D eigenvalue weighted by Gasteiger charge is -2.37. The molecule has 1 saturated heterocycles. The zero-order valence-corrected chi connectivity index (χ0v) is 21.1. The monoisotopic (exact) mass is 489 g/mol. The van der Waals surface area contributed by atoms with E-state index < -0.39 is 15.4 Å². The Morgan fingerprint density at radius 3 is 2.44 bits per heavy atom. The number of carbonyl (C=O) groups excluding carboxylic acids is 1. The molecule has 0 aromatic carbocycles. The van der Waals surface area contributed by atoms with Gasteiger partial charge in [0.25, 0.3) is 0 Å². The number of rotatable bonds is 4. The Hall–Kier alpha value is -2.95. The summed E-state index contributed by atoms with van der Waals surface area (Å²) < 4.78 is 35.1. The second-order valence-electron chi connectivity index (χ2n) is 9.73. The van der Waals surface area contributed by atoms with Gasteiger partial charge in [-0.25, -0.2) is 28.2 Å². The van der Waals surface area contributed by atoms with Gasteiger partial charge in [0, 0.05) is 31.9 Å². The van der Waals surface area contributed by atoms with Crippen molar-refractivity contribution >= 4 is 21.7 Å². The Morgan fingerprint density at radius 1 is 1.12 bits per heavy atom. The molecule has 0 N–H and O–H groups in total. The van der Waals surface area contributed by atoms with E-state index in [9.17, 15) is 13.2 Å². The van der Waals surface area contributed by atoms with Crippen molar-refractivity contribution in [3.8, 4) is 11.6 Å². The Kier molecular flexibility index (Phi) is 6.41. The van der Waals surface area contributed by atoms with Crippen LogP contribution in [0.25, 0.3) is 0 Å². The highest BCUT2D eigenvalue weighted by atomic mass is 32.2. The summed E-state index contributed by atoms with van der Waals surface area (Å²) in [5, 5.41) is 0.00849. The molecule has 0 unspecified atom stereocenters. The summed E-state index contributed by atoms with van der Waals surface area (Å²) >= 11 is 0. The molecular weight excluding hydrogens is 458 g/mol. The van der Waals surface area contributed by atoms with Gasteiger partial charge in [0.1, 0.15) is 17.7 Å². The summed E-state index contributed by atoms with van der Waals surface area (Å²) in [6, 6.07) is 3.30. The molecular formula is C23H31N5O5S. The number of hydrogen-bond acceptors (Lipinski definition) is 9. The Bertz CT molecular complexity index is 1190. The summed E-state index contributed by atoms with van der Waals surface area (Å²) in [7, 11) is -3.39. The fraction of sp³-hybridized carbons (Fsp3) is 0.565. The molecule has 1 fully saturated rings. The molecule has 34 heavy (non-hydrogen) atoms. The third-order valence-corrected chi connectivity index (χ3v) is 6.90. The van der Waals surface area contributed by atoms with Crippen LogP contribution in [-0.2, 0) is 21.0 Å². The molecule has 11 heteroatoms. The van der Waals surface area contributed by atoms with Gasteiger partial charge in [-0.1, -0.05) is 0 Å². The molecule has 1 amide bonds. The van der Waals surface area contributed by atoms with Crippen LogP contribution in [0.1, 0.15) is 44.9 Å². The van der Waals surface area contributed by atoms with Crippen LogP contribution < -0.4 is 9.64 Å². The van der Waals surface area contributed by atoms with Crippen molar-refractivity contribution in [2.75, 3.05) is 30.8 Å². The van der Waals surface area contributed by atoms with Gasteiger partial charge in [-0.3, -0.25) is 0 Å². The number of aromatic nitrogens is 3. The van der Waals surface area contributed by atoms with Gasteiger partial charge in [0.2, 0.25) is 5.88 Å². The number of anilines is 1. The Labute approximate surface area is 200 Å². The van der Waals surface area contributed by atoms with E-state index in [1.807, 2.05) is 20.8 Å². The fourth-order valence-electron chi connectivity index (χ4n) is 4.27. The fourth-order valence-corrected chi connectivity index (χ4v) is 4.88.